The van der Waals surface area contributed by atoms with Crippen molar-refractivity contribution in [1.82, 2.24) is 19.4 Å². The summed E-state index contributed by atoms with van der Waals surface area (Å²) in [5.74, 6) is 1.25. The van der Waals surface area contributed by atoms with Crippen molar-refractivity contribution in [2.75, 3.05) is 26.7 Å². The molecular formula is C22H28N4O3S. The van der Waals surface area contributed by atoms with E-state index in [0.717, 1.165) is 51.7 Å². The average Bonchev–Trinajstić information content (AvgIpc) is 3.24. The van der Waals surface area contributed by atoms with Crippen LogP contribution in [0.2, 0.25) is 0 Å². The number of carbonyl (C=O) groups is 2. The number of hydrogen-bond acceptors (Lipinski definition) is 6. The van der Waals surface area contributed by atoms with Crippen molar-refractivity contribution in [3.8, 4) is 5.75 Å². The molecule has 2 aromatic rings. The Hall–Kier alpha value is -2.48. The number of benzene rings is 1. The Labute approximate surface area is 181 Å². The zero-order valence-corrected chi connectivity index (χ0v) is 18.4. The molecule has 2 aliphatic heterocycles. The number of carbonyl (C=O) groups excluding carboxylic acids is 2. The summed E-state index contributed by atoms with van der Waals surface area (Å²) in [5.41, 5.74) is 1.39. The van der Waals surface area contributed by atoms with Crippen molar-refractivity contribution in [2.24, 2.45) is 5.92 Å². The molecule has 0 bridgehead atoms. The Morgan fingerprint density at radius 1 is 1.10 bits per heavy atom. The first-order valence-corrected chi connectivity index (χ1v) is 11.4. The van der Waals surface area contributed by atoms with Crippen LogP contribution in [0.4, 0.5) is 0 Å². The van der Waals surface area contributed by atoms with E-state index in [4.69, 9.17) is 4.74 Å². The number of methoxy groups -OCH3 is 1. The van der Waals surface area contributed by atoms with Gasteiger partial charge >= 0.3 is 0 Å². The summed E-state index contributed by atoms with van der Waals surface area (Å²) in [6.07, 6.45) is 5.07. The third-order valence-electron chi connectivity index (χ3n) is 6.34. The van der Waals surface area contributed by atoms with Crippen molar-refractivity contribution in [3.05, 3.63) is 40.4 Å². The number of aromatic nitrogens is 2. The fourth-order valence-corrected chi connectivity index (χ4v) is 5.31. The van der Waals surface area contributed by atoms with Crippen LogP contribution in [0.3, 0.4) is 0 Å². The molecule has 2 saturated heterocycles. The van der Waals surface area contributed by atoms with Crippen LogP contribution in [-0.4, -0.2) is 64.0 Å². The molecule has 0 aliphatic carbocycles. The van der Waals surface area contributed by atoms with Gasteiger partial charge in [0.2, 0.25) is 0 Å². The molecular weight excluding hydrogens is 400 g/mol. The van der Waals surface area contributed by atoms with Crippen LogP contribution in [-0.2, 0) is 0 Å². The van der Waals surface area contributed by atoms with Crippen LogP contribution in [0.25, 0.3) is 0 Å². The minimum Gasteiger partial charge on any atom is -0.497 e. The fraction of sp³-hybridized carbons (Fsp3) is 0.545. The van der Waals surface area contributed by atoms with Gasteiger partial charge in [-0.05, 0) is 74.7 Å². The van der Waals surface area contributed by atoms with Crippen molar-refractivity contribution in [2.45, 2.75) is 45.1 Å². The van der Waals surface area contributed by atoms with Gasteiger partial charge in [0.05, 0.1) is 12.8 Å². The zero-order valence-electron chi connectivity index (χ0n) is 17.5. The van der Waals surface area contributed by atoms with Crippen LogP contribution >= 0.6 is 11.5 Å². The number of ether oxygens (including phenoxy) is 1. The van der Waals surface area contributed by atoms with Gasteiger partial charge in [-0.2, -0.15) is 0 Å². The molecule has 0 spiro atoms. The zero-order chi connectivity index (χ0) is 21.1. The molecule has 0 unspecified atom stereocenters. The van der Waals surface area contributed by atoms with E-state index in [1.807, 2.05) is 36.1 Å². The maximum absolute atomic E-state index is 13.3. The van der Waals surface area contributed by atoms with Gasteiger partial charge in [0.1, 0.15) is 10.6 Å². The van der Waals surface area contributed by atoms with Crippen LogP contribution < -0.4 is 4.74 Å². The van der Waals surface area contributed by atoms with Gasteiger partial charge in [0.15, 0.2) is 0 Å². The summed E-state index contributed by atoms with van der Waals surface area (Å²) in [4.78, 5) is 30.7. The molecule has 0 radical (unpaired) electrons. The minimum absolute atomic E-state index is 0.0360. The van der Waals surface area contributed by atoms with Crippen LogP contribution in [0.15, 0.2) is 24.3 Å². The molecule has 3 heterocycles. The van der Waals surface area contributed by atoms with E-state index < -0.39 is 0 Å². The highest BCUT2D eigenvalue weighted by Gasteiger charge is 2.36. The van der Waals surface area contributed by atoms with Gasteiger partial charge in [-0.3, -0.25) is 9.59 Å². The number of rotatable bonds is 4. The molecule has 2 aliphatic rings. The summed E-state index contributed by atoms with van der Waals surface area (Å²) < 4.78 is 9.18. The molecule has 1 aromatic heterocycles. The van der Waals surface area contributed by atoms with Crippen LogP contribution in [0, 0.1) is 12.8 Å². The Bertz CT molecular complexity index is 907. The first kappa shape index (κ1) is 20.8. The van der Waals surface area contributed by atoms with Crippen LogP contribution in [0.1, 0.15) is 57.8 Å². The second-order valence-corrected chi connectivity index (χ2v) is 8.86. The number of nitrogens with zero attached hydrogens (tertiary/aromatic N) is 4. The molecule has 2 amide bonds. The molecule has 2 fully saturated rings. The summed E-state index contributed by atoms with van der Waals surface area (Å²) in [7, 11) is 1.62. The Morgan fingerprint density at radius 2 is 1.90 bits per heavy atom. The van der Waals surface area contributed by atoms with E-state index in [0.29, 0.717) is 27.8 Å². The van der Waals surface area contributed by atoms with Gasteiger partial charge in [0.25, 0.3) is 11.8 Å². The molecule has 1 aromatic carbocycles. The molecule has 160 valence electrons. The molecule has 4 rings (SSSR count). The number of hydrogen-bond donors (Lipinski definition) is 0. The van der Waals surface area contributed by atoms with Crippen molar-refractivity contribution in [1.29, 1.82) is 0 Å². The summed E-state index contributed by atoms with van der Waals surface area (Å²) >= 11 is 1.17. The number of amides is 2. The smallest absolute Gasteiger partial charge is 0.267 e. The van der Waals surface area contributed by atoms with E-state index in [1.165, 1.54) is 11.5 Å². The lowest BCUT2D eigenvalue weighted by Gasteiger charge is -2.43. The maximum atomic E-state index is 13.3. The molecule has 8 heteroatoms. The van der Waals surface area contributed by atoms with E-state index in [1.54, 1.807) is 7.11 Å². The quantitative estimate of drug-likeness (QED) is 0.746. The van der Waals surface area contributed by atoms with Gasteiger partial charge in [-0.1, -0.05) is 10.6 Å². The average molecular weight is 429 g/mol. The predicted octanol–water partition coefficient (Wildman–Crippen LogP) is 3.40. The highest BCUT2D eigenvalue weighted by Crippen LogP contribution is 2.32. The first-order chi connectivity index (χ1) is 14.6. The van der Waals surface area contributed by atoms with E-state index >= 15 is 0 Å². The number of piperidine rings is 2. The summed E-state index contributed by atoms with van der Waals surface area (Å²) in [5, 5.41) is 3.96. The SMILES string of the molecule is COc1cccc(C(=O)N2CCCC[C@@H]2C2CCN(C(=O)c3snnc3C)CC2)c1. The molecule has 7 nitrogen and oxygen atoms in total. The normalized spacial score (nSPS) is 20.3. The fourth-order valence-electron chi connectivity index (χ4n) is 4.68. The third-order valence-corrected chi connectivity index (χ3v) is 7.16. The van der Waals surface area contributed by atoms with Gasteiger partial charge < -0.3 is 14.5 Å². The number of aryl methyl sites for hydroxylation is 1. The molecule has 0 saturated carbocycles. The van der Waals surface area contributed by atoms with Gasteiger partial charge in [-0.25, -0.2) is 0 Å². The maximum Gasteiger partial charge on any atom is 0.267 e. The second kappa shape index (κ2) is 9.12. The van der Waals surface area contributed by atoms with E-state index in [-0.39, 0.29) is 17.9 Å². The van der Waals surface area contributed by atoms with Gasteiger partial charge in [-0.15, -0.1) is 5.10 Å². The predicted molar refractivity (Wildman–Crippen MR) is 115 cm³/mol. The van der Waals surface area contributed by atoms with Crippen molar-refractivity contribution >= 4 is 23.3 Å². The first-order valence-electron chi connectivity index (χ1n) is 10.6. The molecule has 0 N–H and O–H groups in total. The lowest BCUT2D eigenvalue weighted by atomic mass is 9.83. The Kier molecular flexibility index (Phi) is 6.32. The van der Waals surface area contributed by atoms with Crippen molar-refractivity contribution in [3.63, 3.8) is 0 Å². The van der Waals surface area contributed by atoms with E-state index in [9.17, 15) is 9.59 Å². The molecule has 30 heavy (non-hydrogen) atoms. The monoisotopic (exact) mass is 428 g/mol. The van der Waals surface area contributed by atoms with Crippen molar-refractivity contribution < 1.29 is 14.3 Å². The lowest BCUT2D eigenvalue weighted by Crippen LogP contribution is -2.51. The van der Waals surface area contributed by atoms with E-state index in [2.05, 4.69) is 14.5 Å². The standard InChI is InChI=1S/C22H28N4O3S/c1-15-20(30-24-23-15)22(28)25-12-9-16(10-13-25)19-8-3-4-11-26(19)21(27)17-6-5-7-18(14-17)29-2/h5-7,14,16,19H,3-4,8-13H2,1-2H3/t19-/m1/s1. The van der Waals surface area contributed by atoms with Gasteiger partial charge in [0, 0.05) is 31.2 Å². The Balaban J connectivity index is 1.43. The largest absolute Gasteiger partial charge is 0.497 e. The minimum atomic E-state index is 0.0360. The summed E-state index contributed by atoms with van der Waals surface area (Å²) in [6, 6.07) is 7.65. The third kappa shape index (κ3) is 4.19. The number of likely N-dealkylation sites (tertiary alicyclic amines) is 2. The molecule has 1 atom stereocenters. The van der Waals surface area contributed by atoms with Crippen LogP contribution in [0.5, 0.6) is 5.75 Å². The lowest BCUT2D eigenvalue weighted by molar-refractivity contribution is 0.0375. The summed E-state index contributed by atoms with van der Waals surface area (Å²) in [6.45, 7) is 4.07. The Morgan fingerprint density at radius 3 is 2.60 bits per heavy atom. The second-order valence-electron chi connectivity index (χ2n) is 8.11. The topological polar surface area (TPSA) is 75.6 Å². The highest BCUT2D eigenvalue weighted by atomic mass is 32.1. The highest BCUT2D eigenvalue weighted by molar-refractivity contribution is 7.07.